The molecule has 0 saturated heterocycles. The molecule has 0 fully saturated rings. The van der Waals surface area contributed by atoms with Gasteiger partial charge in [0, 0.05) is 5.56 Å². The average Bonchev–Trinajstić information content (AvgIpc) is 2.18. The number of nitriles is 1. The van der Waals surface area contributed by atoms with Crippen LogP contribution in [0.3, 0.4) is 0 Å². The van der Waals surface area contributed by atoms with E-state index >= 15 is 0 Å². The Hall–Kier alpha value is -1.82. The van der Waals surface area contributed by atoms with Crippen molar-refractivity contribution in [3.63, 3.8) is 0 Å². The third kappa shape index (κ3) is 2.35. The van der Waals surface area contributed by atoms with E-state index in [4.69, 9.17) is 10.00 Å². The van der Waals surface area contributed by atoms with E-state index in [1.807, 2.05) is 25.1 Å². The Morgan fingerprint density at radius 3 is 2.67 bits per heavy atom. The normalized spacial score (nSPS) is 11.6. The number of nitrogens with zero attached hydrogens (tertiary/aromatic N) is 1. The molecule has 1 aromatic rings. The van der Waals surface area contributed by atoms with Gasteiger partial charge in [-0.2, -0.15) is 5.26 Å². The van der Waals surface area contributed by atoms with Crippen LogP contribution in [0.15, 0.2) is 18.2 Å². The number of hydrogen-bond acceptors (Lipinski definition) is 3. The minimum Gasteiger partial charge on any atom is -0.496 e. The minimum atomic E-state index is -0.736. The lowest BCUT2D eigenvalue weighted by atomic mass is 9.94. The monoisotopic (exact) mass is 203 g/mol. The molecule has 0 heterocycles. The quantitative estimate of drug-likeness (QED) is 0.756. The summed E-state index contributed by atoms with van der Waals surface area (Å²) in [5, 5.41) is 8.93. The fraction of sp³-hybridized carbons (Fsp3) is 0.333. The molecule has 1 unspecified atom stereocenters. The van der Waals surface area contributed by atoms with E-state index < -0.39 is 5.92 Å². The van der Waals surface area contributed by atoms with E-state index in [0.29, 0.717) is 11.3 Å². The number of carbonyl (C=O) groups excluding carboxylic acids is 1. The van der Waals surface area contributed by atoms with Gasteiger partial charge in [-0.1, -0.05) is 17.7 Å². The summed E-state index contributed by atoms with van der Waals surface area (Å²) >= 11 is 0. The van der Waals surface area contributed by atoms with Gasteiger partial charge < -0.3 is 4.74 Å². The molecule has 0 amide bonds. The van der Waals surface area contributed by atoms with Crippen LogP contribution in [0.2, 0.25) is 0 Å². The second-order valence-electron chi connectivity index (χ2n) is 3.42. The summed E-state index contributed by atoms with van der Waals surface area (Å²) in [6, 6.07) is 7.47. The molecule has 0 radical (unpaired) electrons. The number of rotatable bonds is 3. The molecule has 0 aliphatic rings. The molecule has 0 aliphatic carbocycles. The minimum absolute atomic E-state index is 0.165. The van der Waals surface area contributed by atoms with E-state index in [0.717, 1.165) is 5.56 Å². The maximum atomic E-state index is 11.3. The Morgan fingerprint density at radius 2 is 2.20 bits per heavy atom. The van der Waals surface area contributed by atoms with Crippen LogP contribution >= 0.6 is 0 Å². The Labute approximate surface area is 89.3 Å². The van der Waals surface area contributed by atoms with Crippen molar-refractivity contribution < 1.29 is 9.53 Å². The van der Waals surface area contributed by atoms with Gasteiger partial charge >= 0.3 is 0 Å². The Balaban J connectivity index is 3.27. The molecular weight excluding hydrogens is 190 g/mol. The van der Waals surface area contributed by atoms with Gasteiger partial charge in [-0.15, -0.1) is 0 Å². The molecule has 3 heteroatoms. The molecule has 0 spiro atoms. The summed E-state index contributed by atoms with van der Waals surface area (Å²) in [5.74, 6) is -0.316. The Morgan fingerprint density at radius 1 is 1.53 bits per heavy atom. The second-order valence-corrected chi connectivity index (χ2v) is 3.42. The van der Waals surface area contributed by atoms with Crippen molar-refractivity contribution in [2.75, 3.05) is 7.11 Å². The number of hydrogen-bond donors (Lipinski definition) is 0. The number of benzene rings is 1. The van der Waals surface area contributed by atoms with Gasteiger partial charge in [0.1, 0.15) is 11.7 Å². The highest BCUT2D eigenvalue weighted by Gasteiger charge is 2.19. The first-order valence-corrected chi connectivity index (χ1v) is 4.64. The van der Waals surface area contributed by atoms with Crippen molar-refractivity contribution in [3.8, 4) is 11.8 Å². The maximum absolute atomic E-state index is 11.3. The lowest BCUT2D eigenvalue weighted by Crippen LogP contribution is -2.08. The predicted octanol–water partition coefficient (Wildman–Crippen LogP) is 2.20. The highest BCUT2D eigenvalue weighted by molar-refractivity contribution is 5.87. The van der Waals surface area contributed by atoms with Crippen LogP contribution < -0.4 is 4.74 Å². The van der Waals surface area contributed by atoms with E-state index in [2.05, 4.69) is 0 Å². The van der Waals surface area contributed by atoms with E-state index in [1.165, 1.54) is 14.0 Å². The number of methoxy groups -OCH3 is 1. The summed E-state index contributed by atoms with van der Waals surface area (Å²) in [6.45, 7) is 3.33. The lowest BCUT2D eigenvalue weighted by Gasteiger charge is -2.11. The van der Waals surface area contributed by atoms with Gasteiger partial charge in [0.25, 0.3) is 0 Å². The highest BCUT2D eigenvalue weighted by Crippen LogP contribution is 2.27. The number of carbonyl (C=O) groups is 1. The predicted molar refractivity (Wildman–Crippen MR) is 56.8 cm³/mol. The molecule has 15 heavy (non-hydrogen) atoms. The largest absolute Gasteiger partial charge is 0.496 e. The summed E-state index contributed by atoms with van der Waals surface area (Å²) in [7, 11) is 1.53. The van der Waals surface area contributed by atoms with Crippen molar-refractivity contribution >= 4 is 5.78 Å². The van der Waals surface area contributed by atoms with Gasteiger partial charge in [-0.3, -0.25) is 4.79 Å². The van der Waals surface area contributed by atoms with Gasteiger partial charge in [0.2, 0.25) is 0 Å². The lowest BCUT2D eigenvalue weighted by molar-refractivity contribution is -0.117. The third-order valence-electron chi connectivity index (χ3n) is 2.23. The SMILES string of the molecule is COc1ccc(C)cc1C(C#N)C(C)=O. The van der Waals surface area contributed by atoms with Crippen LogP contribution in [-0.2, 0) is 4.79 Å². The molecule has 0 aliphatic heterocycles. The van der Waals surface area contributed by atoms with Gasteiger partial charge in [-0.25, -0.2) is 0 Å². The molecule has 0 saturated carbocycles. The first-order valence-electron chi connectivity index (χ1n) is 4.64. The molecule has 1 atom stereocenters. The van der Waals surface area contributed by atoms with Crippen LogP contribution in [0.5, 0.6) is 5.75 Å². The summed E-state index contributed by atoms with van der Waals surface area (Å²) in [4.78, 5) is 11.3. The first-order chi connectivity index (χ1) is 7.10. The van der Waals surface area contributed by atoms with Crippen LogP contribution in [0.25, 0.3) is 0 Å². The number of ether oxygens (including phenoxy) is 1. The Bertz CT molecular complexity index is 418. The number of aryl methyl sites for hydroxylation is 1. The molecular formula is C12H13NO2. The zero-order chi connectivity index (χ0) is 11.4. The third-order valence-corrected chi connectivity index (χ3v) is 2.23. The topological polar surface area (TPSA) is 50.1 Å². The standard InChI is InChI=1S/C12H13NO2/c1-8-4-5-12(15-3)10(6-8)11(7-13)9(2)14/h4-6,11H,1-3H3. The maximum Gasteiger partial charge on any atom is 0.151 e. The second kappa shape index (κ2) is 4.61. The first kappa shape index (κ1) is 11.3. The van der Waals surface area contributed by atoms with Crippen molar-refractivity contribution in [2.45, 2.75) is 19.8 Å². The molecule has 0 bridgehead atoms. The smallest absolute Gasteiger partial charge is 0.151 e. The van der Waals surface area contributed by atoms with Crippen molar-refractivity contribution in [2.24, 2.45) is 0 Å². The molecule has 1 rings (SSSR count). The molecule has 78 valence electrons. The summed E-state index contributed by atoms with van der Waals surface area (Å²) < 4.78 is 5.13. The fourth-order valence-corrected chi connectivity index (χ4v) is 1.46. The van der Waals surface area contributed by atoms with Crippen LogP contribution in [0.4, 0.5) is 0 Å². The Kier molecular flexibility index (Phi) is 3.46. The van der Waals surface area contributed by atoms with Crippen LogP contribution in [0, 0.1) is 18.3 Å². The van der Waals surface area contributed by atoms with Crippen molar-refractivity contribution in [3.05, 3.63) is 29.3 Å². The van der Waals surface area contributed by atoms with Gasteiger partial charge in [-0.05, 0) is 19.9 Å². The molecule has 0 N–H and O–H groups in total. The number of ketones is 1. The van der Waals surface area contributed by atoms with E-state index in [9.17, 15) is 4.79 Å². The summed E-state index contributed by atoms with van der Waals surface area (Å²) in [6.07, 6.45) is 0. The molecule has 3 nitrogen and oxygen atoms in total. The summed E-state index contributed by atoms with van der Waals surface area (Å²) in [5.41, 5.74) is 1.65. The van der Waals surface area contributed by atoms with Gasteiger partial charge in [0.05, 0.1) is 13.2 Å². The van der Waals surface area contributed by atoms with Crippen molar-refractivity contribution in [1.82, 2.24) is 0 Å². The van der Waals surface area contributed by atoms with E-state index in [1.54, 1.807) is 6.07 Å². The van der Waals surface area contributed by atoms with Crippen LogP contribution in [-0.4, -0.2) is 12.9 Å². The zero-order valence-electron chi connectivity index (χ0n) is 9.07. The highest BCUT2D eigenvalue weighted by atomic mass is 16.5. The molecule has 1 aromatic carbocycles. The van der Waals surface area contributed by atoms with Gasteiger partial charge in [0.15, 0.2) is 5.78 Å². The fourth-order valence-electron chi connectivity index (χ4n) is 1.46. The van der Waals surface area contributed by atoms with Crippen LogP contribution in [0.1, 0.15) is 24.0 Å². The molecule has 0 aromatic heterocycles. The zero-order valence-corrected chi connectivity index (χ0v) is 9.07. The van der Waals surface area contributed by atoms with E-state index in [-0.39, 0.29) is 5.78 Å². The van der Waals surface area contributed by atoms with Crippen molar-refractivity contribution in [1.29, 1.82) is 5.26 Å². The number of Topliss-reactive ketones (excluding diaryl/α,β-unsaturated/α-hetero) is 1. The average molecular weight is 203 g/mol.